The Morgan fingerprint density at radius 1 is 1.14 bits per heavy atom. The minimum atomic E-state index is -4.46. The first-order valence-corrected chi connectivity index (χ1v) is 9.44. The van der Waals surface area contributed by atoms with E-state index in [0.29, 0.717) is 19.5 Å². The smallest absolute Gasteiger partial charge is 0.320 e. The lowest BCUT2D eigenvalue weighted by atomic mass is 10.2. The number of halogens is 3. The molecule has 0 spiro atoms. The topological polar surface area (TPSA) is 45.2 Å². The van der Waals surface area contributed by atoms with Crippen molar-refractivity contribution in [3.05, 3.63) is 82.3 Å². The molecule has 28 heavy (non-hydrogen) atoms. The Balaban J connectivity index is 1.73. The standard InChI is InChI=1S/C20H18F3N3OS/c21-20(22,23)16-5-1-6-17(12-16)25-19(27)26(10-8-18-7-3-11-28-18)14-15-4-2-9-24-13-15/h1-7,9,11-13H,8,10,14H2,(H,25,27). The van der Waals surface area contributed by atoms with Crippen LogP contribution in [0.2, 0.25) is 0 Å². The molecule has 2 heterocycles. The van der Waals surface area contributed by atoms with E-state index in [0.717, 1.165) is 22.6 Å². The quantitative estimate of drug-likeness (QED) is 0.594. The van der Waals surface area contributed by atoms with E-state index in [1.54, 1.807) is 34.7 Å². The molecule has 146 valence electrons. The number of carbonyl (C=O) groups excluding carboxylic acids is 1. The van der Waals surface area contributed by atoms with Crippen LogP contribution in [-0.2, 0) is 19.1 Å². The van der Waals surface area contributed by atoms with Gasteiger partial charge in [0.25, 0.3) is 0 Å². The molecule has 2 aromatic heterocycles. The number of amides is 2. The van der Waals surface area contributed by atoms with Gasteiger partial charge < -0.3 is 10.2 Å². The summed E-state index contributed by atoms with van der Waals surface area (Å²) in [5.41, 5.74) is 0.141. The van der Waals surface area contributed by atoms with E-state index in [4.69, 9.17) is 0 Å². The number of nitrogens with zero attached hydrogens (tertiary/aromatic N) is 2. The average Bonchev–Trinajstić information content (AvgIpc) is 3.19. The Hall–Kier alpha value is -2.87. The fourth-order valence-corrected chi connectivity index (χ4v) is 3.34. The van der Waals surface area contributed by atoms with Gasteiger partial charge in [-0.1, -0.05) is 18.2 Å². The van der Waals surface area contributed by atoms with E-state index in [2.05, 4.69) is 10.3 Å². The number of urea groups is 1. The van der Waals surface area contributed by atoms with Crippen LogP contribution >= 0.6 is 11.3 Å². The third-order valence-corrected chi connectivity index (χ3v) is 4.97. The van der Waals surface area contributed by atoms with Crippen molar-refractivity contribution in [2.75, 3.05) is 11.9 Å². The van der Waals surface area contributed by atoms with Crippen molar-refractivity contribution in [3.8, 4) is 0 Å². The van der Waals surface area contributed by atoms with Crippen LogP contribution in [0.4, 0.5) is 23.7 Å². The summed E-state index contributed by atoms with van der Waals surface area (Å²) < 4.78 is 38.7. The molecule has 4 nitrogen and oxygen atoms in total. The number of benzene rings is 1. The lowest BCUT2D eigenvalue weighted by Gasteiger charge is -2.23. The van der Waals surface area contributed by atoms with E-state index < -0.39 is 17.8 Å². The van der Waals surface area contributed by atoms with Gasteiger partial charge >= 0.3 is 12.2 Å². The summed E-state index contributed by atoms with van der Waals surface area (Å²) in [4.78, 5) is 19.5. The van der Waals surface area contributed by atoms with Gasteiger partial charge in [-0.25, -0.2) is 4.79 Å². The van der Waals surface area contributed by atoms with Crippen molar-refractivity contribution in [2.24, 2.45) is 0 Å². The maximum absolute atomic E-state index is 12.9. The Morgan fingerprint density at radius 2 is 2.00 bits per heavy atom. The van der Waals surface area contributed by atoms with Crippen LogP contribution in [0.25, 0.3) is 0 Å². The summed E-state index contributed by atoms with van der Waals surface area (Å²) in [6.45, 7) is 0.740. The number of nitrogens with one attached hydrogen (secondary N) is 1. The summed E-state index contributed by atoms with van der Waals surface area (Å²) in [6, 6.07) is 11.7. The van der Waals surface area contributed by atoms with Crippen molar-refractivity contribution in [1.82, 2.24) is 9.88 Å². The minimum absolute atomic E-state index is 0.104. The van der Waals surface area contributed by atoms with E-state index in [-0.39, 0.29) is 5.69 Å². The van der Waals surface area contributed by atoms with Crippen molar-refractivity contribution < 1.29 is 18.0 Å². The molecule has 1 aromatic carbocycles. The molecule has 0 saturated heterocycles. The van der Waals surface area contributed by atoms with Crippen LogP contribution < -0.4 is 5.32 Å². The van der Waals surface area contributed by atoms with Gasteiger partial charge in [0.1, 0.15) is 0 Å². The van der Waals surface area contributed by atoms with E-state index >= 15 is 0 Å². The number of alkyl halides is 3. The van der Waals surface area contributed by atoms with Crippen molar-refractivity contribution >= 4 is 23.1 Å². The van der Waals surface area contributed by atoms with Crippen LogP contribution in [0.15, 0.2) is 66.3 Å². The predicted molar refractivity (Wildman–Crippen MR) is 103 cm³/mol. The molecule has 0 fully saturated rings. The Morgan fingerprint density at radius 3 is 2.68 bits per heavy atom. The van der Waals surface area contributed by atoms with E-state index in [1.165, 1.54) is 12.1 Å². The molecule has 0 aliphatic carbocycles. The second kappa shape index (κ2) is 8.88. The van der Waals surface area contributed by atoms with Gasteiger partial charge in [-0.15, -0.1) is 11.3 Å². The van der Waals surface area contributed by atoms with Crippen molar-refractivity contribution in [1.29, 1.82) is 0 Å². The third kappa shape index (κ3) is 5.56. The fourth-order valence-electron chi connectivity index (χ4n) is 2.64. The van der Waals surface area contributed by atoms with Gasteiger partial charge in [-0.2, -0.15) is 13.2 Å². The molecule has 3 aromatic rings. The highest BCUT2D eigenvalue weighted by atomic mass is 32.1. The summed E-state index contributed by atoms with van der Waals surface area (Å²) in [5.74, 6) is 0. The maximum atomic E-state index is 12.9. The second-order valence-corrected chi connectivity index (χ2v) is 7.15. The monoisotopic (exact) mass is 405 g/mol. The van der Waals surface area contributed by atoms with Gasteiger partial charge in [0.15, 0.2) is 0 Å². The molecule has 0 bridgehead atoms. The fraction of sp³-hybridized carbons (Fsp3) is 0.200. The Kier molecular flexibility index (Phi) is 6.30. The number of hydrogen-bond acceptors (Lipinski definition) is 3. The lowest BCUT2D eigenvalue weighted by Crippen LogP contribution is -2.36. The number of carbonyl (C=O) groups is 1. The van der Waals surface area contributed by atoms with Gasteiger partial charge in [-0.3, -0.25) is 4.98 Å². The molecule has 0 atom stereocenters. The molecule has 0 unspecified atom stereocenters. The first-order chi connectivity index (χ1) is 13.4. The zero-order chi connectivity index (χ0) is 20.0. The highest BCUT2D eigenvalue weighted by molar-refractivity contribution is 7.09. The zero-order valence-electron chi connectivity index (χ0n) is 14.8. The maximum Gasteiger partial charge on any atom is 0.416 e. The van der Waals surface area contributed by atoms with Crippen LogP contribution in [0.1, 0.15) is 16.0 Å². The zero-order valence-corrected chi connectivity index (χ0v) is 15.6. The predicted octanol–water partition coefficient (Wildman–Crippen LogP) is 5.44. The number of aromatic nitrogens is 1. The molecule has 0 radical (unpaired) electrons. The number of rotatable bonds is 6. The molecule has 2 amide bonds. The second-order valence-electron chi connectivity index (χ2n) is 6.12. The number of hydrogen-bond donors (Lipinski definition) is 1. The highest BCUT2D eigenvalue weighted by Crippen LogP contribution is 2.30. The van der Waals surface area contributed by atoms with Crippen LogP contribution in [0.5, 0.6) is 0 Å². The van der Waals surface area contributed by atoms with Gasteiger partial charge in [-0.05, 0) is 47.7 Å². The minimum Gasteiger partial charge on any atom is -0.320 e. The van der Waals surface area contributed by atoms with Gasteiger partial charge in [0, 0.05) is 36.0 Å². The lowest BCUT2D eigenvalue weighted by molar-refractivity contribution is -0.137. The number of pyridine rings is 1. The summed E-state index contributed by atoms with van der Waals surface area (Å²) >= 11 is 1.60. The first-order valence-electron chi connectivity index (χ1n) is 8.56. The van der Waals surface area contributed by atoms with Gasteiger partial charge in [0.2, 0.25) is 0 Å². The van der Waals surface area contributed by atoms with Crippen LogP contribution in [0.3, 0.4) is 0 Å². The molecular weight excluding hydrogens is 387 g/mol. The van der Waals surface area contributed by atoms with Crippen LogP contribution in [-0.4, -0.2) is 22.5 Å². The normalized spacial score (nSPS) is 11.2. The molecular formula is C20H18F3N3OS. The number of thiophene rings is 1. The Labute approximate surface area is 164 Å². The molecule has 0 saturated carbocycles. The van der Waals surface area contributed by atoms with E-state index in [9.17, 15) is 18.0 Å². The largest absolute Gasteiger partial charge is 0.416 e. The highest BCUT2D eigenvalue weighted by Gasteiger charge is 2.30. The molecule has 8 heteroatoms. The summed E-state index contributed by atoms with van der Waals surface area (Å²) in [6.07, 6.45) is -0.499. The van der Waals surface area contributed by atoms with Gasteiger partial charge in [0.05, 0.1) is 5.56 Å². The summed E-state index contributed by atoms with van der Waals surface area (Å²) in [7, 11) is 0. The molecule has 0 aliphatic rings. The van der Waals surface area contributed by atoms with Crippen molar-refractivity contribution in [2.45, 2.75) is 19.1 Å². The average molecular weight is 405 g/mol. The molecule has 1 N–H and O–H groups in total. The number of anilines is 1. The summed E-state index contributed by atoms with van der Waals surface area (Å²) in [5, 5.41) is 4.54. The molecule has 0 aliphatic heterocycles. The SMILES string of the molecule is O=C(Nc1cccc(C(F)(F)F)c1)N(CCc1cccs1)Cc1cccnc1. The van der Waals surface area contributed by atoms with E-state index in [1.807, 2.05) is 23.6 Å². The van der Waals surface area contributed by atoms with Crippen LogP contribution in [0, 0.1) is 0 Å². The third-order valence-electron chi connectivity index (χ3n) is 4.03. The Bertz CT molecular complexity index is 899. The first kappa shape index (κ1) is 19.9. The van der Waals surface area contributed by atoms with Crippen molar-refractivity contribution in [3.63, 3.8) is 0 Å². The molecule has 3 rings (SSSR count).